The number of rotatable bonds is 3. The van der Waals surface area contributed by atoms with E-state index in [2.05, 4.69) is 10.3 Å². The minimum absolute atomic E-state index is 0.282. The maximum absolute atomic E-state index is 13.5. The van der Waals surface area contributed by atoms with Gasteiger partial charge in [-0.25, -0.2) is 9.37 Å². The largest absolute Gasteiger partial charge is 0.298 e. The van der Waals surface area contributed by atoms with Crippen molar-refractivity contribution >= 4 is 38.7 Å². The van der Waals surface area contributed by atoms with Gasteiger partial charge in [-0.05, 0) is 23.8 Å². The highest BCUT2D eigenvalue weighted by molar-refractivity contribution is 7.22. The summed E-state index contributed by atoms with van der Waals surface area (Å²) in [6.45, 7) is 0. The van der Waals surface area contributed by atoms with Crippen LogP contribution in [0.2, 0.25) is 0 Å². The van der Waals surface area contributed by atoms with Crippen LogP contribution in [-0.2, 0) is 4.79 Å². The summed E-state index contributed by atoms with van der Waals surface area (Å²) in [5.74, 6) is -0.678. The Balaban J connectivity index is 1.74. The van der Waals surface area contributed by atoms with Crippen molar-refractivity contribution in [3.8, 4) is 0 Å². The van der Waals surface area contributed by atoms with Crippen molar-refractivity contribution in [3.05, 3.63) is 66.0 Å². The van der Waals surface area contributed by atoms with Crippen molar-refractivity contribution in [2.75, 3.05) is 5.32 Å². The molecule has 1 aromatic heterocycles. The number of aromatic nitrogens is 1. The molecule has 1 heterocycles. The van der Waals surface area contributed by atoms with Crippen LogP contribution in [0.3, 0.4) is 0 Å². The third-order valence-electron chi connectivity index (χ3n) is 2.83. The van der Waals surface area contributed by atoms with Gasteiger partial charge in [-0.3, -0.25) is 10.1 Å². The SMILES string of the molecule is O=C(/C=C/c1ccccc1)Nc1nc2c(F)cccc2s1. The van der Waals surface area contributed by atoms with E-state index in [0.29, 0.717) is 9.83 Å². The molecular weight excluding hydrogens is 287 g/mol. The van der Waals surface area contributed by atoms with Crippen LogP contribution >= 0.6 is 11.3 Å². The lowest BCUT2D eigenvalue weighted by atomic mass is 10.2. The molecule has 21 heavy (non-hydrogen) atoms. The number of hydrogen-bond donors (Lipinski definition) is 1. The molecular formula is C16H11FN2OS. The molecule has 0 saturated carbocycles. The number of carbonyl (C=O) groups excluding carboxylic acids is 1. The maximum Gasteiger partial charge on any atom is 0.250 e. The number of nitrogens with zero attached hydrogens (tertiary/aromatic N) is 1. The Kier molecular flexibility index (Phi) is 3.75. The van der Waals surface area contributed by atoms with E-state index >= 15 is 0 Å². The van der Waals surface area contributed by atoms with Crippen molar-refractivity contribution < 1.29 is 9.18 Å². The molecule has 104 valence electrons. The van der Waals surface area contributed by atoms with Crippen LogP contribution in [0, 0.1) is 5.82 Å². The number of nitrogens with one attached hydrogen (secondary N) is 1. The average Bonchev–Trinajstić information content (AvgIpc) is 2.90. The zero-order valence-corrected chi connectivity index (χ0v) is 11.7. The highest BCUT2D eigenvalue weighted by Gasteiger charge is 2.08. The molecule has 0 spiro atoms. The van der Waals surface area contributed by atoms with Gasteiger partial charge in [0, 0.05) is 6.08 Å². The topological polar surface area (TPSA) is 42.0 Å². The molecule has 1 amide bonds. The summed E-state index contributed by atoms with van der Waals surface area (Å²) in [7, 11) is 0. The molecule has 3 rings (SSSR count). The highest BCUT2D eigenvalue weighted by atomic mass is 32.1. The van der Waals surface area contributed by atoms with Crippen molar-refractivity contribution in [2.45, 2.75) is 0 Å². The summed E-state index contributed by atoms with van der Waals surface area (Å²) in [6.07, 6.45) is 3.14. The minimum Gasteiger partial charge on any atom is -0.298 e. The second-order valence-corrected chi connectivity index (χ2v) is 5.37. The second kappa shape index (κ2) is 5.85. The van der Waals surface area contributed by atoms with Crippen molar-refractivity contribution in [1.29, 1.82) is 0 Å². The van der Waals surface area contributed by atoms with Gasteiger partial charge in [0.25, 0.3) is 0 Å². The molecule has 0 aliphatic heterocycles. The second-order valence-electron chi connectivity index (χ2n) is 4.34. The molecule has 3 aromatic rings. The lowest BCUT2D eigenvalue weighted by Crippen LogP contribution is -2.07. The Labute approximate surface area is 124 Å². The van der Waals surface area contributed by atoms with Crippen LogP contribution in [0.5, 0.6) is 0 Å². The first-order chi connectivity index (χ1) is 10.2. The van der Waals surface area contributed by atoms with Crippen LogP contribution in [0.25, 0.3) is 16.3 Å². The molecule has 0 aliphatic rings. The standard InChI is InChI=1S/C16H11FN2OS/c17-12-7-4-8-13-15(12)19-16(21-13)18-14(20)10-9-11-5-2-1-3-6-11/h1-10H,(H,18,19,20)/b10-9+. The van der Waals surface area contributed by atoms with Gasteiger partial charge in [0.15, 0.2) is 5.13 Å². The molecule has 0 unspecified atom stereocenters. The van der Waals surface area contributed by atoms with Gasteiger partial charge < -0.3 is 0 Å². The number of halogens is 1. The van der Waals surface area contributed by atoms with Gasteiger partial charge in [-0.15, -0.1) is 0 Å². The Hall–Kier alpha value is -2.53. The predicted octanol–water partition coefficient (Wildman–Crippen LogP) is 4.09. The number of para-hydroxylation sites is 1. The van der Waals surface area contributed by atoms with Gasteiger partial charge >= 0.3 is 0 Å². The zero-order valence-electron chi connectivity index (χ0n) is 10.9. The van der Waals surface area contributed by atoms with Gasteiger partial charge in [0.1, 0.15) is 11.3 Å². The summed E-state index contributed by atoms with van der Waals surface area (Å²) in [4.78, 5) is 15.9. The first-order valence-corrected chi connectivity index (χ1v) is 7.13. The van der Waals surface area contributed by atoms with E-state index < -0.39 is 0 Å². The Morgan fingerprint density at radius 1 is 1.14 bits per heavy atom. The lowest BCUT2D eigenvalue weighted by Gasteiger charge is -1.95. The number of thiazole rings is 1. The molecule has 3 nitrogen and oxygen atoms in total. The number of benzene rings is 2. The maximum atomic E-state index is 13.5. The highest BCUT2D eigenvalue weighted by Crippen LogP contribution is 2.27. The summed E-state index contributed by atoms with van der Waals surface area (Å²) in [5, 5.41) is 3.03. The Morgan fingerprint density at radius 2 is 1.95 bits per heavy atom. The monoisotopic (exact) mass is 298 g/mol. The van der Waals surface area contributed by atoms with E-state index in [0.717, 1.165) is 5.56 Å². The van der Waals surface area contributed by atoms with Crippen molar-refractivity contribution in [1.82, 2.24) is 4.98 Å². The van der Waals surface area contributed by atoms with Crippen LogP contribution in [0.15, 0.2) is 54.6 Å². The van der Waals surface area contributed by atoms with E-state index in [4.69, 9.17) is 0 Å². The van der Waals surface area contributed by atoms with E-state index in [1.807, 2.05) is 30.3 Å². The zero-order chi connectivity index (χ0) is 14.7. The van der Waals surface area contributed by atoms with Crippen LogP contribution in [0.4, 0.5) is 9.52 Å². The van der Waals surface area contributed by atoms with Gasteiger partial charge in [0.2, 0.25) is 5.91 Å². The quantitative estimate of drug-likeness (QED) is 0.740. The Bertz CT molecular complexity index is 812. The van der Waals surface area contributed by atoms with E-state index in [1.165, 1.54) is 23.5 Å². The molecule has 0 aliphatic carbocycles. The molecule has 0 saturated heterocycles. The fourth-order valence-electron chi connectivity index (χ4n) is 1.85. The molecule has 5 heteroatoms. The fourth-order valence-corrected chi connectivity index (χ4v) is 2.73. The molecule has 1 N–H and O–H groups in total. The lowest BCUT2D eigenvalue weighted by molar-refractivity contribution is -0.111. The van der Waals surface area contributed by atoms with Crippen LogP contribution in [0.1, 0.15) is 5.56 Å². The normalized spacial score (nSPS) is 11.1. The molecule has 0 atom stereocenters. The van der Waals surface area contributed by atoms with Gasteiger partial charge in [-0.2, -0.15) is 0 Å². The van der Waals surface area contributed by atoms with Crippen molar-refractivity contribution in [3.63, 3.8) is 0 Å². The van der Waals surface area contributed by atoms with Crippen LogP contribution in [-0.4, -0.2) is 10.9 Å². The van der Waals surface area contributed by atoms with E-state index in [-0.39, 0.29) is 17.2 Å². The minimum atomic E-state index is -0.385. The summed E-state index contributed by atoms with van der Waals surface area (Å²) in [5.41, 5.74) is 1.22. The molecule has 2 aromatic carbocycles. The number of amides is 1. The molecule has 0 bridgehead atoms. The van der Waals surface area contributed by atoms with E-state index in [1.54, 1.807) is 18.2 Å². The van der Waals surface area contributed by atoms with Crippen molar-refractivity contribution in [2.24, 2.45) is 0 Å². The van der Waals surface area contributed by atoms with Gasteiger partial charge in [0.05, 0.1) is 4.70 Å². The number of hydrogen-bond acceptors (Lipinski definition) is 3. The fraction of sp³-hybridized carbons (Fsp3) is 0. The number of fused-ring (bicyclic) bond motifs is 1. The number of carbonyl (C=O) groups is 1. The molecule has 0 radical (unpaired) electrons. The summed E-state index contributed by atoms with van der Waals surface area (Å²) < 4.78 is 14.2. The molecule has 0 fully saturated rings. The summed E-state index contributed by atoms with van der Waals surface area (Å²) in [6, 6.07) is 14.2. The first-order valence-electron chi connectivity index (χ1n) is 6.31. The first kappa shape index (κ1) is 13.5. The predicted molar refractivity (Wildman–Crippen MR) is 83.7 cm³/mol. The van der Waals surface area contributed by atoms with Gasteiger partial charge in [-0.1, -0.05) is 47.7 Å². The van der Waals surface area contributed by atoms with Crippen LogP contribution < -0.4 is 5.32 Å². The average molecular weight is 298 g/mol. The summed E-state index contributed by atoms with van der Waals surface area (Å²) >= 11 is 1.24. The Morgan fingerprint density at radius 3 is 2.71 bits per heavy atom. The third-order valence-corrected chi connectivity index (χ3v) is 3.76. The van der Waals surface area contributed by atoms with E-state index in [9.17, 15) is 9.18 Å². The number of anilines is 1. The third kappa shape index (κ3) is 3.14. The smallest absolute Gasteiger partial charge is 0.250 e.